The van der Waals surface area contributed by atoms with E-state index in [1.807, 2.05) is 11.3 Å². The number of fused-ring (bicyclic) bond motifs is 9. The fourth-order valence-corrected chi connectivity index (χ4v) is 6.74. The van der Waals surface area contributed by atoms with Crippen molar-refractivity contribution in [2.75, 3.05) is 0 Å². The van der Waals surface area contributed by atoms with Crippen molar-refractivity contribution in [1.82, 2.24) is 4.57 Å². The maximum Gasteiger partial charge on any atom is 0.0635 e. The smallest absolute Gasteiger partial charge is 0.0635 e. The van der Waals surface area contributed by atoms with Crippen LogP contribution in [0.3, 0.4) is 0 Å². The molecule has 0 atom stereocenters. The Kier molecular flexibility index (Phi) is 3.64. The SMILES string of the molecule is Brc1cc2c3c4ccccc4ccc3n(-c3ccccc3)c2c2c1sc1ccccc12. The first-order chi connectivity index (χ1) is 15.3. The average molecular weight is 478 g/mol. The van der Waals surface area contributed by atoms with Crippen LogP contribution in [0.4, 0.5) is 0 Å². The second-order valence-electron chi connectivity index (χ2n) is 7.91. The molecule has 0 aliphatic heterocycles. The maximum absolute atomic E-state index is 3.91. The van der Waals surface area contributed by atoms with Gasteiger partial charge in [0.05, 0.1) is 15.7 Å². The van der Waals surface area contributed by atoms with Crippen molar-refractivity contribution < 1.29 is 0 Å². The van der Waals surface area contributed by atoms with E-state index in [4.69, 9.17) is 0 Å². The number of benzene rings is 5. The molecule has 0 spiro atoms. The van der Waals surface area contributed by atoms with Gasteiger partial charge in [0.15, 0.2) is 0 Å². The molecule has 1 nitrogen and oxygen atoms in total. The van der Waals surface area contributed by atoms with E-state index >= 15 is 0 Å². The Morgan fingerprint density at radius 3 is 2.26 bits per heavy atom. The predicted molar refractivity (Wildman–Crippen MR) is 139 cm³/mol. The first-order valence-electron chi connectivity index (χ1n) is 10.3. The second-order valence-corrected chi connectivity index (χ2v) is 9.82. The molecular weight excluding hydrogens is 462 g/mol. The Labute approximate surface area is 191 Å². The van der Waals surface area contributed by atoms with E-state index < -0.39 is 0 Å². The summed E-state index contributed by atoms with van der Waals surface area (Å²) >= 11 is 5.77. The molecule has 3 heteroatoms. The zero-order valence-corrected chi connectivity index (χ0v) is 18.9. The third kappa shape index (κ3) is 2.36. The van der Waals surface area contributed by atoms with Gasteiger partial charge in [-0.25, -0.2) is 0 Å². The van der Waals surface area contributed by atoms with Crippen molar-refractivity contribution in [3.8, 4) is 5.69 Å². The number of rotatable bonds is 1. The molecule has 0 saturated heterocycles. The van der Waals surface area contributed by atoms with Gasteiger partial charge in [0.1, 0.15) is 0 Å². The van der Waals surface area contributed by atoms with E-state index in [-0.39, 0.29) is 0 Å². The fraction of sp³-hybridized carbons (Fsp3) is 0. The lowest BCUT2D eigenvalue weighted by atomic mass is 10.0. The van der Waals surface area contributed by atoms with Gasteiger partial charge in [0.2, 0.25) is 0 Å². The molecule has 2 aromatic heterocycles. The lowest BCUT2D eigenvalue weighted by Crippen LogP contribution is -1.93. The number of hydrogen-bond donors (Lipinski definition) is 0. The molecule has 0 unspecified atom stereocenters. The van der Waals surface area contributed by atoms with Crippen LogP contribution in [0.15, 0.2) is 102 Å². The van der Waals surface area contributed by atoms with Gasteiger partial charge in [-0.2, -0.15) is 0 Å². The van der Waals surface area contributed by atoms with Crippen LogP contribution >= 0.6 is 27.3 Å². The highest BCUT2D eigenvalue weighted by molar-refractivity contribution is 9.10. The molecule has 0 radical (unpaired) electrons. The number of nitrogens with zero attached hydrogens (tertiary/aromatic N) is 1. The van der Waals surface area contributed by atoms with Gasteiger partial charge >= 0.3 is 0 Å². The number of hydrogen-bond acceptors (Lipinski definition) is 1. The van der Waals surface area contributed by atoms with Gasteiger partial charge in [0, 0.05) is 36.4 Å². The Hall–Kier alpha value is -3.14. The minimum atomic E-state index is 1.16. The molecule has 0 amide bonds. The normalized spacial score (nSPS) is 12.0. The van der Waals surface area contributed by atoms with Crippen LogP contribution < -0.4 is 0 Å². The second kappa shape index (κ2) is 6.43. The van der Waals surface area contributed by atoms with E-state index in [1.165, 1.54) is 58.4 Å². The molecule has 7 aromatic rings. The topological polar surface area (TPSA) is 4.93 Å². The Morgan fingerprint density at radius 2 is 1.39 bits per heavy atom. The zero-order valence-electron chi connectivity index (χ0n) is 16.5. The Balaban J connectivity index is 1.86. The van der Waals surface area contributed by atoms with Crippen LogP contribution in [0.5, 0.6) is 0 Å². The molecule has 7 rings (SSSR count). The van der Waals surface area contributed by atoms with Crippen molar-refractivity contribution in [2.24, 2.45) is 0 Å². The fourth-order valence-electron chi connectivity index (χ4n) is 4.96. The van der Waals surface area contributed by atoms with Crippen LogP contribution in [0.25, 0.3) is 58.4 Å². The van der Waals surface area contributed by atoms with Crippen LogP contribution in [0.1, 0.15) is 0 Å². The van der Waals surface area contributed by atoms with E-state index in [2.05, 4.69) is 118 Å². The lowest BCUT2D eigenvalue weighted by molar-refractivity contribution is 1.19. The molecule has 2 heterocycles. The summed E-state index contributed by atoms with van der Waals surface area (Å²) in [4.78, 5) is 0. The number of para-hydroxylation sites is 1. The minimum absolute atomic E-state index is 1.16. The van der Waals surface area contributed by atoms with Gasteiger partial charge in [0.25, 0.3) is 0 Å². The molecular formula is C28H16BrNS. The van der Waals surface area contributed by atoms with Gasteiger partial charge in [-0.1, -0.05) is 66.7 Å². The van der Waals surface area contributed by atoms with Gasteiger partial charge in [-0.05, 0) is 57.0 Å². The molecule has 0 aliphatic rings. The summed E-state index contributed by atoms with van der Waals surface area (Å²) in [6.07, 6.45) is 0. The number of aromatic nitrogens is 1. The van der Waals surface area contributed by atoms with Crippen LogP contribution in [0.2, 0.25) is 0 Å². The molecule has 0 aliphatic carbocycles. The first kappa shape index (κ1) is 17.5. The highest BCUT2D eigenvalue weighted by Crippen LogP contribution is 2.47. The van der Waals surface area contributed by atoms with Crippen molar-refractivity contribution in [2.45, 2.75) is 0 Å². The first-order valence-corrected chi connectivity index (χ1v) is 11.9. The molecule has 5 aromatic carbocycles. The van der Waals surface area contributed by atoms with Crippen molar-refractivity contribution >= 4 is 80.0 Å². The maximum atomic E-state index is 3.91. The highest BCUT2D eigenvalue weighted by Gasteiger charge is 2.21. The predicted octanol–water partition coefficient (Wildman–Crippen LogP) is 9.07. The highest BCUT2D eigenvalue weighted by atomic mass is 79.9. The van der Waals surface area contributed by atoms with Crippen molar-refractivity contribution in [3.63, 3.8) is 0 Å². The summed E-state index contributed by atoms with van der Waals surface area (Å²) in [7, 11) is 0. The molecule has 0 fully saturated rings. The van der Waals surface area contributed by atoms with Crippen molar-refractivity contribution in [3.05, 3.63) is 102 Å². The molecule has 0 saturated carbocycles. The minimum Gasteiger partial charge on any atom is -0.309 e. The summed E-state index contributed by atoms with van der Waals surface area (Å²) < 4.78 is 6.24. The van der Waals surface area contributed by atoms with Gasteiger partial charge in [-0.3, -0.25) is 0 Å². The summed E-state index contributed by atoms with van der Waals surface area (Å²) in [5.41, 5.74) is 3.72. The van der Waals surface area contributed by atoms with Crippen molar-refractivity contribution in [1.29, 1.82) is 0 Å². The Bertz CT molecular complexity index is 1790. The Morgan fingerprint density at radius 1 is 0.645 bits per heavy atom. The summed E-state index contributed by atoms with van der Waals surface area (Å²) in [5.74, 6) is 0. The number of halogens is 1. The van der Waals surface area contributed by atoms with E-state index in [0.29, 0.717) is 0 Å². The van der Waals surface area contributed by atoms with Gasteiger partial charge in [-0.15, -0.1) is 11.3 Å². The number of thiophene rings is 1. The van der Waals surface area contributed by atoms with Crippen LogP contribution in [-0.4, -0.2) is 4.57 Å². The molecule has 146 valence electrons. The monoisotopic (exact) mass is 477 g/mol. The van der Waals surface area contributed by atoms with Crippen LogP contribution in [-0.2, 0) is 0 Å². The largest absolute Gasteiger partial charge is 0.309 e. The third-order valence-corrected chi connectivity index (χ3v) is 8.32. The third-order valence-electron chi connectivity index (χ3n) is 6.23. The van der Waals surface area contributed by atoms with E-state index in [0.717, 1.165) is 4.47 Å². The summed E-state index contributed by atoms with van der Waals surface area (Å²) in [6.45, 7) is 0. The molecule has 0 bridgehead atoms. The molecule has 31 heavy (non-hydrogen) atoms. The summed E-state index contributed by atoms with van der Waals surface area (Å²) in [6, 6.07) is 35.0. The molecule has 0 N–H and O–H groups in total. The standard InChI is InChI=1S/C28H16BrNS/c29-22-16-21-25-19-11-5-4-8-17(19)14-15-23(25)30(18-9-2-1-3-10-18)27(21)26-20-12-6-7-13-24(20)31-28(22)26/h1-16H. The van der Waals surface area contributed by atoms with Gasteiger partial charge < -0.3 is 4.57 Å². The average Bonchev–Trinajstić information content (AvgIpc) is 3.36. The quantitative estimate of drug-likeness (QED) is 0.222. The zero-order chi connectivity index (χ0) is 20.5. The van der Waals surface area contributed by atoms with E-state index in [9.17, 15) is 0 Å². The summed E-state index contributed by atoms with van der Waals surface area (Å²) in [5, 5.41) is 7.82. The lowest BCUT2D eigenvalue weighted by Gasteiger charge is -2.09. The van der Waals surface area contributed by atoms with E-state index in [1.54, 1.807) is 0 Å². The van der Waals surface area contributed by atoms with Crippen LogP contribution in [0, 0.1) is 0 Å².